The molecule has 166 valence electrons. The molecule has 0 aliphatic carbocycles. The summed E-state index contributed by atoms with van der Waals surface area (Å²) in [7, 11) is 0. The highest BCUT2D eigenvalue weighted by Crippen LogP contribution is 2.40. The van der Waals surface area contributed by atoms with Crippen molar-refractivity contribution in [3.63, 3.8) is 0 Å². The molecule has 1 amide bonds. The molecule has 0 bridgehead atoms. The normalized spacial score (nSPS) is 15.9. The van der Waals surface area contributed by atoms with Crippen molar-refractivity contribution in [2.24, 2.45) is 4.99 Å². The Morgan fingerprint density at radius 2 is 1.91 bits per heavy atom. The quantitative estimate of drug-likeness (QED) is 0.432. The molecule has 2 aromatic carbocycles. The van der Waals surface area contributed by atoms with Crippen molar-refractivity contribution >= 4 is 46.4 Å². The number of benzene rings is 2. The molecule has 1 aromatic heterocycles. The number of hydrogen-bond acceptors (Lipinski definition) is 6. The van der Waals surface area contributed by atoms with Crippen LogP contribution in [0, 0.1) is 0 Å². The molecule has 0 atom stereocenters. The van der Waals surface area contributed by atoms with E-state index in [4.69, 9.17) is 20.8 Å². The molecule has 0 fully saturated rings. The predicted octanol–water partition coefficient (Wildman–Crippen LogP) is 6.30. The predicted molar refractivity (Wildman–Crippen MR) is 129 cm³/mol. The van der Waals surface area contributed by atoms with Gasteiger partial charge >= 0.3 is 5.97 Å². The summed E-state index contributed by atoms with van der Waals surface area (Å²) in [5.74, 6) is -0.578. The molecule has 8 heteroatoms. The van der Waals surface area contributed by atoms with Crippen LogP contribution in [-0.4, -0.2) is 28.6 Å². The first-order chi connectivity index (χ1) is 16.0. The van der Waals surface area contributed by atoms with E-state index in [1.54, 1.807) is 67.6 Å². The number of carbonyl (C=O) groups is 2. The molecule has 1 aliphatic rings. The Morgan fingerprint density at radius 3 is 2.64 bits per heavy atom. The molecule has 0 unspecified atom stereocenters. The minimum absolute atomic E-state index is 0.0627. The number of aliphatic imine (C=N–C) groups is 1. The first-order valence-corrected chi connectivity index (χ1v) is 11.2. The van der Waals surface area contributed by atoms with E-state index in [2.05, 4.69) is 4.99 Å². The van der Waals surface area contributed by atoms with Crippen molar-refractivity contribution in [3.8, 4) is 11.3 Å². The molecular formula is C25H18ClNO5S. The van der Waals surface area contributed by atoms with Crippen molar-refractivity contribution in [1.29, 1.82) is 0 Å². The number of carbonyl (C=O) groups excluding carboxylic acids is 2. The Morgan fingerprint density at radius 1 is 1.12 bits per heavy atom. The number of ether oxygens (including phenoxy) is 1. The summed E-state index contributed by atoms with van der Waals surface area (Å²) < 4.78 is 10.9. The standard InChI is InChI=1S/C25H18ClNO5S/c1-2-31-25(30)21-22(28)20(33-24(21)27-23(29)15-7-4-3-5-8-15)14-18-11-12-19(32-18)16-9-6-10-17(26)13-16/h3-14,28H,2H2,1H3. The highest BCUT2D eigenvalue weighted by atomic mass is 35.5. The molecule has 6 nitrogen and oxygen atoms in total. The Labute approximate surface area is 199 Å². The summed E-state index contributed by atoms with van der Waals surface area (Å²) in [4.78, 5) is 29.5. The number of nitrogens with zero attached hydrogens (tertiary/aromatic N) is 1. The van der Waals surface area contributed by atoms with Gasteiger partial charge in [0, 0.05) is 16.1 Å². The van der Waals surface area contributed by atoms with Gasteiger partial charge in [0.15, 0.2) is 0 Å². The van der Waals surface area contributed by atoms with Crippen LogP contribution in [0.15, 0.2) is 92.4 Å². The van der Waals surface area contributed by atoms with Crippen LogP contribution in [0.25, 0.3) is 17.4 Å². The maximum atomic E-state index is 12.6. The fourth-order valence-corrected chi connectivity index (χ4v) is 4.27. The van der Waals surface area contributed by atoms with Crippen LogP contribution >= 0.6 is 23.4 Å². The summed E-state index contributed by atoms with van der Waals surface area (Å²) in [6.45, 7) is 1.76. The van der Waals surface area contributed by atoms with Gasteiger partial charge in [0.2, 0.25) is 0 Å². The SMILES string of the molecule is CCOC(=O)C1=C(O)C(=Cc2ccc(-c3cccc(Cl)c3)o2)SC1=NC(=O)c1ccccc1. The second-order valence-corrected chi connectivity index (χ2v) is 8.32. The average Bonchev–Trinajstić information content (AvgIpc) is 3.39. The van der Waals surface area contributed by atoms with Gasteiger partial charge in [-0.05, 0) is 49.4 Å². The first-order valence-electron chi connectivity index (χ1n) is 10.0. The Balaban J connectivity index is 1.68. The van der Waals surface area contributed by atoms with Crippen molar-refractivity contribution in [2.75, 3.05) is 6.61 Å². The molecule has 1 aliphatic heterocycles. The van der Waals surface area contributed by atoms with E-state index >= 15 is 0 Å². The molecule has 2 heterocycles. The number of hydrogen-bond donors (Lipinski definition) is 1. The molecule has 3 aromatic rings. The Kier molecular flexibility index (Phi) is 6.82. The van der Waals surface area contributed by atoms with Crippen LogP contribution in [0.1, 0.15) is 23.0 Å². The van der Waals surface area contributed by atoms with Crippen molar-refractivity contribution in [1.82, 2.24) is 0 Å². The number of thioether (sulfide) groups is 1. The van der Waals surface area contributed by atoms with Crippen LogP contribution in [0.5, 0.6) is 0 Å². The van der Waals surface area contributed by atoms with E-state index in [-0.39, 0.29) is 23.0 Å². The highest BCUT2D eigenvalue weighted by molar-refractivity contribution is 8.18. The lowest BCUT2D eigenvalue weighted by Crippen LogP contribution is -2.14. The third-order valence-electron chi connectivity index (χ3n) is 4.60. The zero-order chi connectivity index (χ0) is 23.4. The van der Waals surface area contributed by atoms with Gasteiger partial charge in [-0.3, -0.25) is 4.79 Å². The second kappa shape index (κ2) is 9.94. The molecule has 1 N–H and O–H groups in total. The summed E-state index contributed by atoms with van der Waals surface area (Å²) in [6, 6.07) is 19.2. The van der Waals surface area contributed by atoms with E-state index in [0.29, 0.717) is 27.0 Å². The van der Waals surface area contributed by atoms with Gasteiger partial charge in [-0.1, -0.05) is 53.7 Å². The van der Waals surface area contributed by atoms with Crippen LogP contribution in [-0.2, 0) is 9.53 Å². The second-order valence-electron chi connectivity index (χ2n) is 6.86. The first kappa shape index (κ1) is 22.6. The van der Waals surface area contributed by atoms with Gasteiger partial charge in [0.1, 0.15) is 27.9 Å². The minimum Gasteiger partial charge on any atom is -0.506 e. The fraction of sp³-hybridized carbons (Fsp3) is 0.0800. The van der Waals surface area contributed by atoms with E-state index < -0.39 is 11.9 Å². The summed E-state index contributed by atoms with van der Waals surface area (Å²) in [6.07, 6.45) is 1.57. The van der Waals surface area contributed by atoms with Gasteiger partial charge in [0.25, 0.3) is 5.91 Å². The monoisotopic (exact) mass is 479 g/mol. The number of halogens is 1. The van der Waals surface area contributed by atoms with E-state index in [1.807, 2.05) is 12.1 Å². The highest BCUT2D eigenvalue weighted by Gasteiger charge is 2.34. The smallest absolute Gasteiger partial charge is 0.344 e. The molecule has 0 saturated carbocycles. The largest absolute Gasteiger partial charge is 0.506 e. The Bertz CT molecular complexity index is 1310. The maximum Gasteiger partial charge on any atom is 0.344 e. The number of amides is 1. The van der Waals surface area contributed by atoms with Crippen molar-refractivity contribution in [3.05, 3.63) is 99.3 Å². The number of aliphatic hydroxyl groups excluding tert-OH is 1. The fourth-order valence-electron chi connectivity index (χ4n) is 3.09. The zero-order valence-electron chi connectivity index (χ0n) is 17.4. The number of aliphatic hydroxyl groups is 1. The van der Waals surface area contributed by atoms with E-state index in [9.17, 15) is 14.7 Å². The zero-order valence-corrected chi connectivity index (χ0v) is 19.0. The van der Waals surface area contributed by atoms with Gasteiger partial charge in [-0.2, -0.15) is 0 Å². The summed E-state index contributed by atoms with van der Waals surface area (Å²) in [5.41, 5.74) is 1.01. The lowest BCUT2D eigenvalue weighted by molar-refractivity contribution is -0.138. The third kappa shape index (κ3) is 5.10. The van der Waals surface area contributed by atoms with Gasteiger partial charge in [-0.15, -0.1) is 0 Å². The molecule has 4 rings (SSSR count). The van der Waals surface area contributed by atoms with Gasteiger partial charge < -0.3 is 14.3 Å². The number of rotatable bonds is 5. The topological polar surface area (TPSA) is 89.1 Å². The molecule has 33 heavy (non-hydrogen) atoms. The van der Waals surface area contributed by atoms with Crippen LogP contribution in [0.2, 0.25) is 5.02 Å². The van der Waals surface area contributed by atoms with Crippen LogP contribution in [0.3, 0.4) is 0 Å². The van der Waals surface area contributed by atoms with Gasteiger partial charge in [0.05, 0.1) is 11.5 Å². The van der Waals surface area contributed by atoms with Crippen molar-refractivity contribution < 1.29 is 23.8 Å². The van der Waals surface area contributed by atoms with Crippen LogP contribution < -0.4 is 0 Å². The third-order valence-corrected chi connectivity index (χ3v) is 5.86. The lowest BCUT2D eigenvalue weighted by Gasteiger charge is -2.03. The minimum atomic E-state index is -0.760. The molecule has 0 spiro atoms. The van der Waals surface area contributed by atoms with E-state index in [0.717, 1.165) is 17.3 Å². The Hall–Kier alpha value is -3.55. The number of furan rings is 1. The lowest BCUT2D eigenvalue weighted by atomic mass is 10.2. The summed E-state index contributed by atoms with van der Waals surface area (Å²) in [5, 5.41) is 11.4. The van der Waals surface area contributed by atoms with Crippen LogP contribution in [0.4, 0.5) is 0 Å². The number of esters is 1. The maximum absolute atomic E-state index is 12.6. The van der Waals surface area contributed by atoms with Gasteiger partial charge in [-0.25, -0.2) is 9.79 Å². The van der Waals surface area contributed by atoms with Crippen molar-refractivity contribution in [2.45, 2.75) is 6.92 Å². The molecule has 0 radical (unpaired) electrons. The average molecular weight is 480 g/mol. The van der Waals surface area contributed by atoms with E-state index in [1.165, 1.54) is 0 Å². The summed E-state index contributed by atoms with van der Waals surface area (Å²) >= 11 is 7.04. The molecule has 0 saturated heterocycles. The molecular weight excluding hydrogens is 462 g/mol.